The fourth-order valence-corrected chi connectivity index (χ4v) is 14.9. The largest absolute Gasteiger partial charge is 0.472 e. The number of hydrogen-bond donors (Lipinski definition) is 3. The molecule has 0 aromatic rings. The predicted octanol–water partition coefficient (Wildman–Crippen LogP) is 25.9. The fraction of sp³-hybridized carbons (Fsp3) is 0.953. The van der Waals surface area contributed by atoms with Crippen LogP contribution in [0.25, 0.3) is 0 Å². The highest BCUT2D eigenvalue weighted by molar-refractivity contribution is 7.47. The molecule has 0 rings (SSSR count). The standard InChI is InChI=1S/C86H168O17P2/c1-9-79(8)65-57-49-41-33-27-21-16-17-23-29-35-43-52-60-68-86(91)103-82(73-97-84(89)67-59-51-45-37-40-48-56-64-78(6)7)75-101-105(94,95)99-71-80(87)70-98-104(92,93)100-74-81(102-85(90)69-61-53-44-36-30-24-18-20-26-32-39-47-55-63-77(4)5)72-96-83(88)66-58-50-42-34-28-22-15-13-11-10-12-14-19-25-31-38-46-54-62-76(2)3/h76-82,87H,9-75H2,1-8H3,(H,92,93)(H,94,95)/t79?,80?,81-,82-/m1/s1. The number of unbranched alkanes of at least 4 members (excludes halogenated alkanes) is 48. The molecule has 0 aliphatic heterocycles. The Morgan fingerprint density at radius 3 is 0.676 bits per heavy atom. The molecule has 0 saturated carbocycles. The third kappa shape index (κ3) is 78.5. The smallest absolute Gasteiger partial charge is 0.462 e. The topological polar surface area (TPSA) is 237 Å². The van der Waals surface area contributed by atoms with Crippen molar-refractivity contribution >= 4 is 39.5 Å². The first-order chi connectivity index (χ1) is 50.6. The molecule has 0 aliphatic carbocycles. The SMILES string of the molecule is CCC(C)CCCCCCCCCCCCCCCCC(=O)O[C@H](COC(=O)CCCCCCCCCC(C)C)COP(=O)(O)OCC(O)COP(=O)(O)OC[C@@H](COC(=O)CCCCCCCCCCCCCCCCCCCCC(C)C)OC(=O)CCCCCCCCCCCCCCCC(C)C. The van der Waals surface area contributed by atoms with Crippen LogP contribution in [0, 0.1) is 23.7 Å². The first kappa shape index (κ1) is 103. The second-order valence-corrected chi connectivity index (χ2v) is 35.5. The second kappa shape index (κ2) is 74.8. The van der Waals surface area contributed by atoms with Crippen LogP contribution in [0.15, 0.2) is 0 Å². The van der Waals surface area contributed by atoms with Gasteiger partial charge in [-0.1, -0.05) is 396 Å². The number of aliphatic hydroxyl groups is 1. The van der Waals surface area contributed by atoms with E-state index in [1.54, 1.807) is 0 Å². The highest BCUT2D eigenvalue weighted by Crippen LogP contribution is 2.45. The van der Waals surface area contributed by atoms with E-state index in [9.17, 15) is 43.2 Å². The Hall–Kier alpha value is -1.94. The number of hydrogen-bond acceptors (Lipinski definition) is 15. The summed E-state index contributed by atoms with van der Waals surface area (Å²) in [5.74, 6) is 1.05. The van der Waals surface area contributed by atoms with Gasteiger partial charge in [0.1, 0.15) is 19.3 Å². The Bertz CT molecular complexity index is 2040. The van der Waals surface area contributed by atoms with E-state index in [1.165, 1.54) is 244 Å². The van der Waals surface area contributed by atoms with E-state index in [0.29, 0.717) is 31.6 Å². The molecule has 3 N–H and O–H groups in total. The maximum atomic E-state index is 13.1. The van der Waals surface area contributed by atoms with E-state index in [1.807, 2.05) is 0 Å². The van der Waals surface area contributed by atoms with E-state index in [2.05, 4.69) is 55.4 Å². The Kier molecular flexibility index (Phi) is 73.4. The van der Waals surface area contributed by atoms with Crippen LogP contribution in [0.4, 0.5) is 0 Å². The maximum Gasteiger partial charge on any atom is 0.472 e. The molecule has 0 heterocycles. The second-order valence-electron chi connectivity index (χ2n) is 32.6. The number of phosphoric ester groups is 2. The summed E-state index contributed by atoms with van der Waals surface area (Å²) in [6.07, 6.45) is 63.9. The summed E-state index contributed by atoms with van der Waals surface area (Å²) in [6, 6.07) is 0. The zero-order valence-corrected chi connectivity index (χ0v) is 71.2. The molecule has 105 heavy (non-hydrogen) atoms. The van der Waals surface area contributed by atoms with Gasteiger partial charge in [0.2, 0.25) is 0 Å². The first-order valence-corrected chi connectivity index (χ1v) is 47.2. The van der Waals surface area contributed by atoms with Crippen LogP contribution in [0.5, 0.6) is 0 Å². The summed E-state index contributed by atoms with van der Waals surface area (Å²) < 4.78 is 68.9. The third-order valence-electron chi connectivity index (χ3n) is 20.4. The average molecular weight is 1540 g/mol. The van der Waals surface area contributed by atoms with Crippen LogP contribution < -0.4 is 0 Å². The molecular weight excluding hydrogens is 1370 g/mol. The van der Waals surface area contributed by atoms with Crippen molar-refractivity contribution in [2.24, 2.45) is 23.7 Å². The molecular formula is C86H168O17P2. The molecule has 0 aromatic carbocycles. The molecule has 0 aliphatic rings. The lowest BCUT2D eigenvalue weighted by Crippen LogP contribution is -2.30. The molecule has 0 saturated heterocycles. The molecule has 4 unspecified atom stereocenters. The monoisotopic (exact) mass is 1540 g/mol. The van der Waals surface area contributed by atoms with E-state index < -0.39 is 97.5 Å². The van der Waals surface area contributed by atoms with E-state index >= 15 is 0 Å². The molecule has 0 aromatic heterocycles. The van der Waals surface area contributed by atoms with Gasteiger partial charge >= 0.3 is 39.5 Å². The summed E-state index contributed by atoms with van der Waals surface area (Å²) in [4.78, 5) is 73.2. The molecule has 19 heteroatoms. The highest BCUT2D eigenvalue weighted by Gasteiger charge is 2.31. The van der Waals surface area contributed by atoms with Gasteiger partial charge in [0.05, 0.1) is 26.4 Å². The van der Waals surface area contributed by atoms with Crippen molar-refractivity contribution < 1.29 is 80.2 Å². The molecule has 624 valence electrons. The summed E-state index contributed by atoms with van der Waals surface area (Å²) in [5, 5.41) is 10.7. The number of phosphoric acid groups is 2. The molecule has 0 bridgehead atoms. The number of aliphatic hydroxyl groups excluding tert-OH is 1. The van der Waals surface area contributed by atoms with Crippen LogP contribution >= 0.6 is 15.6 Å². The zero-order chi connectivity index (χ0) is 77.4. The maximum absolute atomic E-state index is 13.1. The number of ether oxygens (including phenoxy) is 4. The van der Waals surface area contributed by atoms with Gasteiger partial charge in [-0.05, 0) is 49.4 Å². The van der Waals surface area contributed by atoms with Crippen LogP contribution in [-0.4, -0.2) is 96.7 Å². The van der Waals surface area contributed by atoms with Gasteiger partial charge in [0, 0.05) is 25.7 Å². The quantitative estimate of drug-likeness (QED) is 0.0222. The van der Waals surface area contributed by atoms with Gasteiger partial charge in [0.15, 0.2) is 12.2 Å². The van der Waals surface area contributed by atoms with Crippen LogP contribution in [0.3, 0.4) is 0 Å². The minimum Gasteiger partial charge on any atom is -0.462 e. The normalized spacial score (nSPS) is 14.2. The van der Waals surface area contributed by atoms with Gasteiger partial charge < -0.3 is 33.8 Å². The Balaban J connectivity index is 5.22. The Labute approximate surface area is 645 Å². The Morgan fingerprint density at radius 2 is 0.457 bits per heavy atom. The molecule has 0 radical (unpaired) electrons. The van der Waals surface area contributed by atoms with Gasteiger partial charge in [-0.15, -0.1) is 0 Å². The molecule has 0 amide bonds. The van der Waals surface area contributed by atoms with E-state index in [-0.39, 0.29) is 25.7 Å². The van der Waals surface area contributed by atoms with Crippen molar-refractivity contribution in [2.75, 3.05) is 39.6 Å². The highest BCUT2D eigenvalue weighted by atomic mass is 31.2. The fourth-order valence-electron chi connectivity index (χ4n) is 13.3. The minimum atomic E-state index is -4.97. The lowest BCUT2D eigenvalue weighted by atomic mass is 9.99. The summed E-state index contributed by atoms with van der Waals surface area (Å²) in [7, 11) is -9.93. The average Bonchev–Trinajstić information content (AvgIpc) is 0.916. The summed E-state index contributed by atoms with van der Waals surface area (Å²) >= 11 is 0. The Morgan fingerprint density at radius 1 is 0.267 bits per heavy atom. The van der Waals surface area contributed by atoms with Gasteiger partial charge in [-0.3, -0.25) is 37.3 Å². The van der Waals surface area contributed by atoms with Gasteiger partial charge in [-0.25, -0.2) is 9.13 Å². The van der Waals surface area contributed by atoms with Crippen molar-refractivity contribution in [2.45, 2.75) is 465 Å². The van der Waals surface area contributed by atoms with Crippen LogP contribution in [0.1, 0.15) is 447 Å². The van der Waals surface area contributed by atoms with Crippen molar-refractivity contribution in [1.82, 2.24) is 0 Å². The number of carbonyl (C=O) groups excluding carboxylic acids is 4. The van der Waals surface area contributed by atoms with Crippen molar-refractivity contribution in [3.63, 3.8) is 0 Å². The molecule has 0 fully saturated rings. The van der Waals surface area contributed by atoms with Gasteiger partial charge in [-0.2, -0.15) is 0 Å². The minimum absolute atomic E-state index is 0.107. The lowest BCUT2D eigenvalue weighted by Gasteiger charge is -2.21. The van der Waals surface area contributed by atoms with Gasteiger partial charge in [0.25, 0.3) is 0 Å². The van der Waals surface area contributed by atoms with Crippen LogP contribution in [0.2, 0.25) is 0 Å². The molecule has 0 spiro atoms. The number of carbonyl (C=O) groups is 4. The molecule has 6 atom stereocenters. The van der Waals surface area contributed by atoms with E-state index in [0.717, 1.165) is 114 Å². The zero-order valence-electron chi connectivity index (χ0n) is 69.4. The van der Waals surface area contributed by atoms with Crippen molar-refractivity contribution in [3.8, 4) is 0 Å². The van der Waals surface area contributed by atoms with Crippen LogP contribution in [-0.2, 0) is 65.4 Å². The van der Waals surface area contributed by atoms with E-state index in [4.69, 9.17) is 37.0 Å². The predicted molar refractivity (Wildman–Crippen MR) is 432 cm³/mol. The summed E-state index contributed by atoms with van der Waals surface area (Å²) in [5.41, 5.74) is 0. The number of esters is 4. The third-order valence-corrected chi connectivity index (χ3v) is 22.3. The summed E-state index contributed by atoms with van der Waals surface area (Å²) in [6.45, 7) is 14.3. The number of rotatable bonds is 83. The lowest BCUT2D eigenvalue weighted by molar-refractivity contribution is -0.161. The van der Waals surface area contributed by atoms with Crippen molar-refractivity contribution in [3.05, 3.63) is 0 Å². The van der Waals surface area contributed by atoms with Crippen molar-refractivity contribution in [1.29, 1.82) is 0 Å². The molecule has 17 nitrogen and oxygen atoms in total. The first-order valence-electron chi connectivity index (χ1n) is 44.2.